The molecule has 0 atom stereocenters. The Bertz CT molecular complexity index is 5390. The van der Waals surface area contributed by atoms with E-state index >= 15 is 0 Å². The summed E-state index contributed by atoms with van der Waals surface area (Å²) in [5, 5.41) is 2.54. The molecule has 0 N–H and O–H groups in total. The quantitative estimate of drug-likeness (QED) is 0.127. The van der Waals surface area contributed by atoms with Crippen LogP contribution in [0.15, 0.2) is 389 Å². The molecule has 7 aromatic heterocycles. The molecule has 0 spiro atoms. The van der Waals surface area contributed by atoms with Gasteiger partial charge in [0, 0.05) is 134 Å². The van der Waals surface area contributed by atoms with Gasteiger partial charge in [0.25, 0.3) is 0 Å². The topological polar surface area (TPSA) is 82.3 Å². The molecule has 7 nitrogen and oxygen atoms in total. The summed E-state index contributed by atoms with van der Waals surface area (Å²) in [5.74, 6) is 0. The standard InChI is InChI=1S/C23H15N2.3C18H14N.2C11H8N.4Ir/c1-3-13-22-19(10-1)20-11-2-4-14-23(20)25(22)18-9-7-8-17(16-18)21-12-5-6-15-24-21;1-14-12-18(16-10-6-3-7-11-16)19-13-17(14)15-8-4-2-5-9-15;1-14-7-5-6-10-17(14)16-11-12-19-18(13-16)15-8-3-2-4-9-15;1-14-13-16(18-9-5-6-12-19-18)10-11-17(14)15-7-3-2-4-8-15;2*1-2-6-10(7-3-1)11-8-4-5-9-12-11;;;;/h1-7,9-16H;2-10,12-13H,1H3;2-8,10-13H,1H3;2-9,11-13H,1H3;2*1-6,8-9H;;;;/q6*-1;;;;. The number of pyridine rings is 6. The normalized spacial score (nSPS) is 10.0. The number of benzene rings is 11. The van der Waals surface area contributed by atoms with Gasteiger partial charge in [-0.05, 0) is 124 Å². The molecule has 18 aromatic rings. The van der Waals surface area contributed by atoms with Gasteiger partial charge < -0.3 is 34.5 Å². The van der Waals surface area contributed by atoms with Crippen molar-refractivity contribution in [1.82, 2.24) is 34.5 Å². The van der Waals surface area contributed by atoms with Crippen molar-refractivity contribution < 1.29 is 80.4 Å². The average molecular weight is 2130 g/mol. The first kappa shape index (κ1) is 82.8. The molecule has 4 radical (unpaired) electrons. The molecule has 0 saturated heterocycles. The Morgan fingerprint density at radius 1 is 0.236 bits per heavy atom. The third-order valence-electron chi connectivity index (χ3n) is 17.4. The van der Waals surface area contributed by atoms with Crippen LogP contribution in [0.4, 0.5) is 0 Å². The Kier molecular flexibility index (Phi) is 32.4. The van der Waals surface area contributed by atoms with Crippen LogP contribution in [0, 0.1) is 57.2 Å². The maximum absolute atomic E-state index is 4.55. The molecule has 0 aliphatic heterocycles. The van der Waals surface area contributed by atoms with E-state index in [1.54, 1.807) is 12.4 Å². The summed E-state index contributed by atoms with van der Waals surface area (Å²) in [6, 6.07) is 137. The van der Waals surface area contributed by atoms with Crippen LogP contribution in [-0.2, 0) is 80.4 Å². The third kappa shape index (κ3) is 22.2. The Balaban J connectivity index is 0.000000153. The van der Waals surface area contributed by atoms with Crippen molar-refractivity contribution >= 4 is 21.8 Å². The maximum atomic E-state index is 4.55. The summed E-state index contributed by atoms with van der Waals surface area (Å²) >= 11 is 0. The van der Waals surface area contributed by atoms with E-state index in [1.165, 1.54) is 71.9 Å². The molecule has 110 heavy (non-hydrogen) atoms. The number of aromatic nitrogens is 7. The van der Waals surface area contributed by atoms with Gasteiger partial charge >= 0.3 is 0 Å². The third-order valence-corrected chi connectivity index (χ3v) is 17.4. The molecule has 546 valence electrons. The van der Waals surface area contributed by atoms with Gasteiger partial charge in [0.2, 0.25) is 0 Å². The second-order valence-corrected chi connectivity index (χ2v) is 24.6. The molecule has 18 rings (SSSR count). The van der Waals surface area contributed by atoms with Crippen molar-refractivity contribution in [2.45, 2.75) is 20.8 Å². The van der Waals surface area contributed by atoms with Crippen LogP contribution >= 0.6 is 0 Å². The molecule has 0 bridgehead atoms. The van der Waals surface area contributed by atoms with E-state index in [2.05, 4.69) is 243 Å². The van der Waals surface area contributed by atoms with Gasteiger partial charge in [-0.3, -0.25) is 0 Å². The fourth-order valence-electron chi connectivity index (χ4n) is 12.2. The van der Waals surface area contributed by atoms with Crippen LogP contribution in [0.3, 0.4) is 0 Å². The Labute approximate surface area is 699 Å². The predicted octanol–water partition coefficient (Wildman–Crippen LogP) is 24.3. The number of para-hydroxylation sites is 2. The zero-order chi connectivity index (χ0) is 72.3. The Morgan fingerprint density at radius 2 is 0.618 bits per heavy atom. The van der Waals surface area contributed by atoms with Crippen molar-refractivity contribution in [3.05, 3.63) is 442 Å². The summed E-state index contributed by atoms with van der Waals surface area (Å²) in [6.45, 7) is 6.38. The number of aryl methyl sites for hydroxylation is 3. The van der Waals surface area contributed by atoms with Crippen molar-refractivity contribution in [2.24, 2.45) is 0 Å². The molecule has 0 aliphatic carbocycles. The monoisotopic (exact) mass is 2130 g/mol. The SMILES string of the molecule is Cc1cc(-c2[c-]cccc2)ncc1-c1ccccc1.Cc1cc(-c2ccccn2)[c-]cc1-c1ccccc1.Cc1ccccc1-c1ccnc(-c2[c-]cccc2)c1.[Ir].[Ir].[Ir].[Ir].[c-]1ccc(-n2c3ccccc3c3ccccc32)cc1-c1ccccn1.[c-]1ccccc1-c1ccccn1.[c-]1ccccc1-c1ccccn1. The molecule has 0 amide bonds. The molecular formula is C99H73Ir4N7-6. The van der Waals surface area contributed by atoms with E-state index in [1.807, 2.05) is 225 Å². The van der Waals surface area contributed by atoms with Gasteiger partial charge in [0.1, 0.15) is 0 Å². The fraction of sp³-hybridized carbons (Fsp3) is 0.0303. The minimum absolute atomic E-state index is 0. The van der Waals surface area contributed by atoms with E-state index < -0.39 is 0 Å². The Hall–Kier alpha value is -11.3. The van der Waals surface area contributed by atoms with Crippen molar-refractivity contribution in [1.29, 1.82) is 0 Å². The minimum Gasteiger partial charge on any atom is -0.327 e. The molecular weight excluding hydrogens is 2060 g/mol. The summed E-state index contributed by atoms with van der Waals surface area (Å²) < 4.78 is 2.31. The largest absolute Gasteiger partial charge is 0.327 e. The molecule has 0 unspecified atom stereocenters. The zero-order valence-electron chi connectivity index (χ0n) is 60.4. The first-order valence-corrected chi connectivity index (χ1v) is 35.0. The summed E-state index contributed by atoms with van der Waals surface area (Å²) in [5.41, 5.74) is 26.5. The minimum atomic E-state index is 0. The number of fused-ring (bicyclic) bond motifs is 3. The van der Waals surface area contributed by atoms with Gasteiger partial charge in [-0.2, -0.15) is 0 Å². The first-order chi connectivity index (χ1) is 52.4. The summed E-state index contributed by atoms with van der Waals surface area (Å²) in [7, 11) is 0. The van der Waals surface area contributed by atoms with Crippen LogP contribution in [-0.4, -0.2) is 34.5 Å². The van der Waals surface area contributed by atoms with E-state index in [0.29, 0.717) is 0 Å². The fourth-order valence-corrected chi connectivity index (χ4v) is 12.2. The average Bonchev–Trinajstić information content (AvgIpc) is 1.58. The van der Waals surface area contributed by atoms with Gasteiger partial charge in [-0.15, -0.1) is 203 Å². The second kappa shape index (κ2) is 43.0. The zero-order valence-corrected chi connectivity index (χ0v) is 70.0. The van der Waals surface area contributed by atoms with Crippen LogP contribution in [0.1, 0.15) is 16.7 Å². The van der Waals surface area contributed by atoms with Gasteiger partial charge in [0.15, 0.2) is 0 Å². The van der Waals surface area contributed by atoms with Crippen molar-refractivity contribution in [3.63, 3.8) is 0 Å². The molecule has 7 heterocycles. The van der Waals surface area contributed by atoms with E-state index in [4.69, 9.17) is 0 Å². The van der Waals surface area contributed by atoms with E-state index in [0.717, 1.165) is 73.2 Å². The number of hydrogen-bond donors (Lipinski definition) is 0. The van der Waals surface area contributed by atoms with Crippen LogP contribution in [0.25, 0.3) is 128 Å². The van der Waals surface area contributed by atoms with Crippen molar-refractivity contribution in [2.75, 3.05) is 0 Å². The summed E-state index contributed by atoms with van der Waals surface area (Å²) in [6.07, 6.45) is 11.0. The molecule has 0 saturated carbocycles. The van der Waals surface area contributed by atoms with Crippen molar-refractivity contribution in [3.8, 4) is 107 Å². The van der Waals surface area contributed by atoms with Crippen LogP contribution in [0.2, 0.25) is 0 Å². The molecule has 11 aromatic carbocycles. The van der Waals surface area contributed by atoms with Gasteiger partial charge in [0.05, 0.1) is 11.0 Å². The second-order valence-electron chi connectivity index (χ2n) is 24.6. The number of rotatable bonds is 10. The number of hydrogen-bond acceptors (Lipinski definition) is 6. The first-order valence-electron chi connectivity index (χ1n) is 35.0. The summed E-state index contributed by atoms with van der Waals surface area (Å²) in [4.78, 5) is 26.2. The number of nitrogens with zero attached hydrogens (tertiary/aromatic N) is 7. The van der Waals surface area contributed by atoms with Crippen LogP contribution in [0.5, 0.6) is 0 Å². The van der Waals surface area contributed by atoms with Gasteiger partial charge in [-0.1, -0.05) is 200 Å². The van der Waals surface area contributed by atoms with E-state index in [-0.39, 0.29) is 80.4 Å². The Morgan fingerprint density at radius 3 is 1.06 bits per heavy atom. The maximum Gasteiger partial charge on any atom is 0.0523 e. The van der Waals surface area contributed by atoms with E-state index in [9.17, 15) is 0 Å². The van der Waals surface area contributed by atoms with Crippen LogP contribution < -0.4 is 0 Å². The smallest absolute Gasteiger partial charge is 0.0523 e. The molecule has 0 fully saturated rings. The molecule has 0 aliphatic rings. The molecule has 11 heteroatoms. The predicted molar refractivity (Wildman–Crippen MR) is 436 cm³/mol. The van der Waals surface area contributed by atoms with Gasteiger partial charge in [-0.25, -0.2) is 0 Å².